The Morgan fingerprint density at radius 3 is 2.74 bits per heavy atom. The minimum atomic E-state index is 0.0196. The largest absolute Gasteiger partial charge is 0.508 e. The van der Waals surface area contributed by atoms with Crippen LogP contribution in [0.25, 0.3) is 0 Å². The van der Waals surface area contributed by atoms with Gasteiger partial charge in [0.2, 0.25) is 5.91 Å². The summed E-state index contributed by atoms with van der Waals surface area (Å²) in [6.07, 6.45) is 6.94. The Kier molecular flexibility index (Phi) is 3.00. The number of carbonyl (C=O) groups is 1. The molecule has 0 heterocycles. The summed E-state index contributed by atoms with van der Waals surface area (Å²) in [6.45, 7) is 1.58. The molecule has 2 aliphatic rings. The summed E-state index contributed by atoms with van der Waals surface area (Å²) < 4.78 is 0. The first kappa shape index (κ1) is 12.5. The molecular formula is C16H21NO2. The highest BCUT2D eigenvalue weighted by atomic mass is 16.3. The van der Waals surface area contributed by atoms with Crippen LogP contribution in [-0.4, -0.2) is 11.0 Å². The highest BCUT2D eigenvalue weighted by Gasteiger charge is 2.47. The second-order valence-corrected chi connectivity index (χ2v) is 6.08. The van der Waals surface area contributed by atoms with Crippen LogP contribution in [0.5, 0.6) is 5.75 Å². The average molecular weight is 259 g/mol. The van der Waals surface area contributed by atoms with Crippen LogP contribution in [0.15, 0.2) is 18.2 Å². The number of phenols is 1. The third kappa shape index (κ3) is 2.01. The summed E-state index contributed by atoms with van der Waals surface area (Å²) in [6, 6.07) is 5.77. The SMILES string of the molecule is CC(=O)NC1c2cccc(O)c2CC12CCCCC2. The molecule has 102 valence electrons. The molecule has 1 spiro atoms. The van der Waals surface area contributed by atoms with Gasteiger partial charge in [0.05, 0.1) is 6.04 Å². The lowest BCUT2D eigenvalue weighted by Crippen LogP contribution is -2.39. The molecule has 19 heavy (non-hydrogen) atoms. The van der Waals surface area contributed by atoms with Crippen LogP contribution >= 0.6 is 0 Å². The van der Waals surface area contributed by atoms with E-state index >= 15 is 0 Å². The predicted molar refractivity (Wildman–Crippen MR) is 73.9 cm³/mol. The van der Waals surface area contributed by atoms with Crippen LogP contribution in [0.4, 0.5) is 0 Å². The smallest absolute Gasteiger partial charge is 0.217 e. The number of hydrogen-bond donors (Lipinski definition) is 2. The van der Waals surface area contributed by atoms with Crippen molar-refractivity contribution >= 4 is 5.91 Å². The first-order valence-electron chi connectivity index (χ1n) is 7.20. The van der Waals surface area contributed by atoms with Gasteiger partial charge in [0.15, 0.2) is 0 Å². The van der Waals surface area contributed by atoms with Crippen molar-refractivity contribution in [2.24, 2.45) is 5.41 Å². The Balaban J connectivity index is 2.03. The normalized spacial score (nSPS) is 24.2. The number of benzene rings is 1. The maximum absolute atomic E-state index is 11.5. The molecule has 2 aliphatic carbocycles. The number of fused-ring (bicyclic) bond motifs is 1. The average Bonchev–Trinajstić information content (AvgIpc) is 2.66. The molecule has 0 aliphatic heterocycles. The summed E-state index contributed by atoms with van der Waals surface area (Å²) in [5.74, 6) is 0.404. The first-order valence-corrected chi connectivity index (χ1v) is 7.20. The summed E-state index contributed by atoms with van der Waals surface area (Å²) in [7, 11) is 0. The van der Waals surface area contributed by atoms with Gasteiger partial charge in [-0.3, -0.25) is 4.79 Å². The van der Waals surface area contributed by atoms with Crippen LogP contribution in [0.1, 0.15) is 56.2 Å². The van der Waals surface area contributed by atoms with E-state index in [4.69, 9.17) is 0 Å². The number of phenolic OH excluding ortho intramolecular Hbond substituents is 1. The first-order chi connectivity index (χ1) is 9.12. The maximum Gasteiger partial charge on any atom is 0.217 e. The zero-order chi connectivity index (χ0) is 13.5. The Morgan fingerprint density at radius 2 is 2.05 bits per heavy atom. The molecular weight excluding hydrogens is 238 g/mol. The molecule has 3 rings (SSSR count). The Bertz CT molecular complexity index is 503. The van der Waals surface area contributed by atoms with Crippen molar-refractivity contribution in [3.05, 3.63) is 29.3 Å². The van der Waals surface area contributed by atoms with Gasteiger partial charge in [-0.1, -0.05) is 31.4 Å². The number of carbonyl (C=O) groups excluding carboxylic acids is 1. The molecule has 1 unspecified atom stereocenters. The summed E-state index contributed by atoms with van der Waals surface area (Å²) >= 11 is 0. The van der Waals surface area contributed by atoms with Gasteiger partial charge in [-0.2, -0.15) is 0 Å². The number of rotatable bonds is 1. The minimum Gasteiger partial charge on any atom is -0.508 e. The summed E-state index contributed by atoms with van der Waals surface area (Å²) in [5.41, 5.74) is 2.30. The maximum atomic E-state index is 11.5. The highest BCUT2D eigenvalue weighted by molar-refractivity contribution is 5.74. The topological polar surface area (TPSA) is 49.3 Å². The Morgan fingerprint density at radius 1 is 1.32 bits per heavy atom. The van der Waals surface area contributed by atoms with Gasteiger partial charge in [0.25, 0.3) is 0 Å². The van der Waals surface area contributed by atoms with E-state index in [0.717, 1.165) is 30.4 Å². The summed E-state index contributed by atoms with van der Waals surface area (Å²) in [5, 5.41) is 13.2. The van der Waals surface area contributed by atoms with E-state index in [1.54, 1.807) is 13.0 Å². The highest BCUT2D eigenvalue weighted by Crippen LogP contribution is 2.55. The van der Waals surface area contributed by atoms with E-state index in [2.05, 4.69) is 11.4 Å². The molecule has 1 aromatic rings. The molecule has 1 saturated carbocycles. The van der Waals surface area contributed by atoms with Crippen LogP contribution in [0.3, 0.4) is 0 Å². The predicted octanol–water partition coefficient (Wildman–Crippen LogP) is 3.08. The van der Waals surface area contributed by atoms with Crippen molar-refractivity contribution in [2.75, 3.05) is 0 Å². The second-order valence-electron chi connectivity index (χ2n) is 6.08. The van der Waals surface area contributed by atoms with Crippen molar-refractivity contribution in [1.82, 2.24) is 5.32 Å². The zero-order valence-corrected chi connectivity index (χ0v) is 11.4. The van der Waals surface area contributed by atoms with Crippen LogP contribution in [0.2, 0.25) is 0 Å². The fourth-order valence-corrected chi connectivity index (χ4v) is 3.99. The second kappa shape index (κ2) is 4.55. The van der Waals surface area contributed by atoms with Gasteiger partial charge < -0.3 is 10.4 Å². The molecule has 2 N–H and O–H groups in total. The fourth-order valence-electron chi connectivity index (χ4n) is 3.99. The minimum absolute atomic E-state index is 0.0196. The van der Waals surface area contributed by atoms with Crippen molar-refractivity contribution in [2.45, 2.75) is 51.5 Å². The van der Waals surface area contributed by atoms with Gasteiger partial charge in [0.1, 0.15) is 5.75 Å². The van der Waals surface area contributed by atoms with Gasteiger partial charge in [-0.15, -0.1) is 0 Å². The molecule has 1 amide bonds. The molecule has 0 aromatic heterocycles. The lowest BCUT2D eigenvalue weighted by molar-refractivity contribution is -0.120. The van der Waals surface area contributed by atoms with Gasteiger partial charge in [-0.05, 0) is 41.9 Å². The molecule has 3 heteroatoms. The summed E-state index contributed by atoms with van der Waals surface area (Å²) in [4.78, 5) is 11.5. The van der Waals surface area contributed by atoms with Gasteiger partial charge in [0, 0.05) is 6.92 Å². The molecule has 0 radical (unpaired) electrons. The molecule has 0 saturated heterocycles. The molecule has 1 atom stereocenters. The number of nitrogens with one attached hydrogen (secondary N) is 1. The monoisotopic (exact) mass is 259 g/mol. The Hall–Kier alpha value is -1.51. The van der Waals surface area contributed by atoms with Crippen molar-refractivity contribution < 1.29 is 9.90 Å². The van der Waals surface area contributed by atoms with E-state index in [1.165, 1.54) is 19.3 Å². The lowest BCUT2D eigenvalue weighted by atomic mass is 9.69. The number of amides is 1. The third-order valence-electron chi connectivity index (χ3n) is 4.84. The van der Waals surface area contributed by atoms with Gasteiger partial charge in [-0.25, -0.2) is 0 Å². The zero-order valence-electron chi connectivity index (χ0n) is 11.4. The molecule has 1 fully saturated rings. The van der Waals surface area contributed by atoms with E-state index in [-0.39, 0.29) is 17.4 Å². The molecule has 1 aromatic carbocycles. The van der Waals surface area contributed by atoms with E-state index in [9.17, 15) is 9.90 Å². The molecule has 3 nitrogen and oxygen atoms in total. The van der Waals surface area contributed by atoms with Crippen molar-refractivity contribution in [1.29, 1.82) is 0 Å². The van der Waals surface area contributed by atoms with E-state index < -0.39 is 0 Å². The third-order valence-corrected chi connectivity index (χ3v) is 4.84. The van der Waals surface area contributed by atoms with Crippen LogP contribution < -0.4 is 5.32 Å². The van der Waals surface area contributed by atoms with Crippen LogP contribution in [-0.2, 0) is 11.2 Å². The van der Waals surface area contributed by atoms with Gasteiger partial charge >= 0.3 is 0 Å². The fraction of sp³-hybridized carbons (Fsp3) is 0.562. The Labute approximate surface area is 114 Å². The van der Waals surface area contributed by atoms with E-state index in [1.807, 2.05) is 6.07 Å². The standard InChI is InChI=1S/C16H21NO2/c1-11(18)17-15-12-6-5-7-14(19)13(12)10-16(15)8-3-2-4-9-16/h5-7,15,19H,2-4,8-10H2,1H3,(H,17,18). The lowest BCUT2D eigenvalue weighted by Gasteiger charge is -2.39. The molecule has 0 bridgehead atoms. The van der Waals surface area contributed by atoms with Crippen molar-refractivity contribution in [3.8, 4) is 5.75 Å². The van der Waals surface area contributed by atoms with Crippen molar-refractivity contribution in [3.63, 3.8) is 0 Å². The quantitative estimate of drug-likeness (QED) is 0.814. The van der Waals surface area contributed by atoms with E-state index in [0.29, 0.717) is 5.75 Å². The number of hydrogen-bond acceptors (Lipinski definition) is 2. The number of aromatic hydroxyl groups is 1. The van der Waals surface area contributed by atoms with Crippen LogP contribution in [0, 0.1) is 5.41 Å².